The van der Waals surface area contributed by atoms with Gasteiger partial charge in [0.05, 0.1) is 19.2 Å². The summed E-state index contributed by atoms with van der Waals surface area (Å²) in [7, 11) is 3.25. The molecule has 0 aliphatic carbocycles. The van der Waals surface area contributed by atoms with Gasteiger partial charge in [0.1, 0.15) is 5.60 Å². The summed E-state index contributed by atoms with van der Waals surface area (Å²) in [4.78, 5) is 29.8. The number of carbonyl (C=O) groups is 2. The third-order valence-corrected chi connectivity index (χ3v) is 3.46. The lowest BCUT2D eigenvalue weighted by molar-refractivity contribution is -0.120. The second-order valence-electron chi connectivity index (χ2n) is 6.82. The standard InChI is InChI=1S/C16H31N5O4.HI/c1-16(2,3)25-15(23)20-12-6-8-21(11-12)14(17-4)19-10-13(22)18-7-9-24-5;/h12H,6-11H2,1-5H3,(H,17,19)(H,18,22)(H,20,23);1H. The van der Waals surface area contributed by atoms with Crippen molar-refractivity contribution in [3.8, 4) is 0 Å². The van der Waals surface area contributed by atoms with E-state index in [4.69, 9.17) is 9.47 Å². The lowest BCUT2D eigenvalue weighted by Gasteiger charge is -2.23. The van der Waals surface area contributed by atoms with Crippen molar-refractivity contribution in [2.75, 3.05) is 46.9 Å². The summed E-state index contributed by atoms with van der Waals surface area (Å²) in [6.45, 7) is 7.93. The number of aliphatic imine (C=N–C) groups is 1. The highest BCUT2D eigenvalue weighted by Gasteiger charge is 2.27. The van der Waals surface area contributed by atoms with E-state index < -0.39 is 11.7 Å². The number of nitrogens with zero attached hydrogens (tertiary/aromatic N) is 2. The molecule has 0 spiro atoms. The molecule has 1 aliphatic heterocycles. The maximum absolute atomic E-state index is 11.8. The largest absolute Gasteiger partial charge is 0.444 e. The van der Waals surface area contributed by atoms with Crippen LogP contribution in [0.1, 0.15) is 27.2 Å². The van der Waals surface area contributed by atoms with Crippen LogP contribution in [0, 0.1) is 0 Å². The fourth-order valence-corrected chi connectivity index (χ4v) is 2.39. The first-order valence-corrected chi connectivity index (χ1v) is 8.46. The van der Waals surface area contributed by atoms with Crippen LogP contribution in [0.2, 0.25) is 0 Å². The molecule has 9 nitrogen and oxygen atoms in total. The Kier molecular flexibility index (Phi) is 11.5. The average Bonchev–Trinajstić information content (AvgIpc) is 2.94. The first-order valence-electron chi connectivity index (χ1n) is 8.46. The Morgan fingerprint density at radius 1 is 1.27 bits per heavy atom. The Morgan fingerprint density at radius 2 is 1.96 bits per heavy atom. The molecule has 1 fully saturated rings. The third-order valence-electron chi connectivity index (χ3n) is 3.46. The van der Waals surface area contributed by atoms with E-state index in [0.29, 0.717) is 25.7 Å². The van der Waals surface area contributed by atoms with Gasteiger partial charge < -0.3 is 30.3 Å². The highest BCUT2D eigenvalue weighted by Crippen LogP contribution is 2.11. The number of hydrogen-bond donors (Lipinski definition) is 3. The molecule has 0 aromatic heterocycles. The summed E-state index contributed by atoms with van der Waals surface area (Å²) >= 11 is 0. The molecule has 1 aliphatic rings. The molecule has 152 valence electrons. The lowest BCUT2D eigenvalue weighted by Crippen LogP contribution is -2.46. The van der Waals surface area contributed by atoms with Gasteiger partial charge in [-0.2, -0.15) is 0 Å². The monoisotopic (exact) mass is 485 g/mol. The van der Waals surface area contributed by atoms with Crippen LogP contribution in [-0.4, -0.2) is 81.4 Å². The fraction of sp³-hybridized carbons (Fsp3) is 0.812. The Bertz CT molecular complexity index is 482. The summed E-state index contributed by atoms with van der Waals surface area (Å²) < 4.78 is 10.2. The number of likely N-dealkylation sites (tertiary alicyclic amines) is 1. The molecule has 0 radical (unpaired) electrons. The van der Waals surface area contributed by atoms with Crippen LogP contribution in [-0.2, 0) is 14.3 Å². The Hall–Kier alpha value is -1.30. The molecule has 3 N–H and O–H groups in total. The van der Waals surface area contributed by atoms with Crippen LogP contribution in [0.25, 0.3) is 0 Å². The third kappa shape index (κ3) is 10.00. The smallest absolute Gasteiger partial charge is 0.407 e. The van der Waals surface area contributed by atoms with Gasteiger partial charge in [-0.05, 0) is 27.2 Å². The molecular weight excluding hydrogens is 453 g/mol. The van der Waals surface area contributed by atoms with Gasteiger partial charge in [0.2, 0.25) is 5.91 Å². The predicted octanol–water partition coefficient (Wildman–Crippen LogP) is 0.541. The van der Waals surface area contributed by atoms with E-state index in [1.54, 1.807) is 14.2 Å². The van der Waals surface area contributed by atoms with E-state index in [2.05, 4.69) is 20.9 Å². The van der Waals surface area contributed by atoms with Crippen LogP contribution in [0.3, 0.4) is 0 Å². The molecule has 0 aromatic carbocycles. The van der Waals surface area contributed by atoms with Gasteiger partial charge in [-0.25, -0.2) is 4.79 Å². The van der Waals surface area contributed by atoms with Gasteiger partial charge in [0.15, 0.2) is 5.96 Å². The van der Waals surface area contributed by atoms with Gasteiger partial charge in [-0.3, -0.25) is 9.79 Å². The van der Waals surface area contributed by atoms with Crippen molar-refractivity contribution >= 4 is 41.9 Å². The number of methoxy groups -OCH3 is 1. The summed E-state index contributed by atoms with van der Waals surface area (Å²) in [5.74, 6) is 0.510. The SMILES string of the molecule is CN=C(NCC(=O)NCCOC)N1CCC(NC(=O)OC(C)(C)C)C1.I. The van der Waals surface area contributed by atoms with E-state index in [-0.39, 0.29) is 42.5 Å². The van der Waals surface area contributed by atoms with E-state index in [0.717, 1.165) is 13.0 Å². The summed E-state index contributed by atoms with van der Waals surface area (Å²) in [5.41, 5.74) is -0.518. The molecule has 1 heterocycles. The number of ether oxygens (including phenoxy) is 2. The molecule has 26 heavy (non-hydrogen) atoms. The molecule has 2 amide bonds. The van der Waals surface area contributed by atoms with Crippen molar-refractivity contribution in [1.29, 1.82) is 0 Å². The van der Waals surface area contributed by atoms with E-state index >= 15 is 0 Å². The molecule has 0 aromatic rings. The second kappa shape index (κ2) is 12.2. The Labute approximate surface area is 172 Å². The number of carbonyl (C=O) groups excluding carboxylic acids is 2. The number of guanidine groups is 1. The van der Waals surface area contributed by atoms with E-state index in [1.807, 2.05) is 25.7 Å². The quantitative estimate of drug-likeness (QED) is 0.220. The molecule has 1 atom stereocenters. The maximum atomic E-state index is 11.8. The molecule has 1 rings (SSSR count). The van der Waals surface area contributed by atoms with Crippen LogP contribution >= 0.6 is 24.0 Å². The number of amides is 2. The van der Waals surface area contributed by atoms with Gasteiger partial charge >= 0.3 is 6.09 Å². The summed E-state index contributed by atoms with van der Waals surface area (Å²) in [5, 5.41) is 8.63. The minimum Gasteiger partial charge on any atom is -0.444 e. The Morgan fingerprint density at radius 3 is 2.54 bits per heavy atom. The minimum atomic E-state index is -0.518. The molecule has 10 heteroatoms. The number of hydrogen-bond acceptors (Lipinski definition) is 5. The van der Waals surface area contributed by atoms with Crippen molar-refractivity contribution in [2.24, 2.45) is 4.99 Å². The molecule has 0 bridgehead atoms. The normalized spacial score (nSPS) is 17.3. The number of nitrogens with one attached hydrogen (secondary N) is 3. The van der Waals surface area contributed by atoms with Crippen molar-refractivity contribution in [3.05, 3.63) is 0 Å². The van der Waals surface area contributed by atoms with Crippen LogP contribution in [0.15, 0.2) is 4.99 Å². The molecule has 1 unspecified atom stereocenters. The van der Waals surface area contributed by atoms with Crippen LogP contribution < -0.4 is 16.0 Å². The highest BCUT2D eigenvalue weighted by atomic mass is 127. The van der Waals surface area contributed by atoms with Crippen LogP contribution in [0.4, 0.5) is 4.79 Å². The van der Waals surface area contributed by atoms with E-state index in [9.17, 15) is 9.59 Å². The van der Waals surface area contributed by atoms with Gasteiger partial charge in [0.25, 0.3) is 0 Å². The minimum absolute atomic E-state index is 0. The van der Waals surface area contributed by atoms with Gasteiger partial charge in [0, 0.05) is 33.8 Å². The van der Waals surface area contributed by atoms with E-state index in [1.165, 1.54) is 0 Å². The van der Waals surface area contributed by atoms with Crippen molar-refractivity contribution in [1.82, 2.24) is 20.9 Å². The zero-order chi connectivity index (χ0) is 18.9. The maximum Gasteiger partial charge on any atom is 0.407 e. The average molecular weight is 485 g/mol. The summed E-state index contributed by atoms with van der Waals surface area (Å²) in [6.07, 6.45) is 0.375. The van der Waals surface area contributed by atoms with Crippen molar-refractivity contribution in [2.45, 2.75) is 38.8 Å². The Balaban J connectivity index is 0.00000625. The molecule has 0 saturated carbocycles. The van der Waals surface area contributed by atoms with Crippen molar-refractivity contribution < 1.29 is 19.1 Å². The van der Waals surface area contributed by atoms with Crippen LogP contribution in [0.5, 0.6) is 0 Å². The number of alkyl carbamates (subject to hydrolysis) is 1. The summed E-state index contributed by atoms with van der Waals surface area (Å²) in [6, 6.07) is -0.0103. The lowest BCUT2D eigenvalue weighted by atomic mass is 10.2. The highest BCUT2D eigenvalue weighted by molar-refractivity contribution is 14.0. The molecular formula is C16H32IN5O4. The predicted molar refractivity (Wildman–Crippen MR) is 111 cm³/mol. The van der Waals surface area contributed by atoms with Gasteiger partial charge in [-0.1, -0.05) is 0 Å². The van der Waals surface area contributed by atoms with Gasteiger partial charge in [-0.15, -0.1) is 24.0 Å². The topological polar surface area (TPSA) is 104 Å². The first kappa shape index (κ1) is 24.7. The zero-order valence-corrected chi connectivity index (χ0v) is 18.6. The zero-order valence-electron chi connectivity index (χ0n) is 16.3. The molecule has 1 saturated heterocycles. The van der Waals surface area contributed by atoms with Crippen molar-refractivity contribution in [3.63, 3.8) is 0 Å². The number of rotatable bonds is 6. The second-order valence-corrected chi connectivity index (χ2v) is 6.82. The number of halogens is 1. The first-order chi connectivity index (χ1) is 11.7. The fourth-order valence-electron chi connectivity index (χ4n) is 2.39.